The van der Waals surface area contributed by atoms with Crippen LogP contribution in [0.3, 0.4) is 0 Å². The molecular formula is C63H100N2O10P+. The van der Waals surface area contributed by atoms with E-state index in [-0.39, 0.29) is 49.8 Å². The van der Waals surface area contributed by atoms with Gasteiger partial charge in [-0.15, -0.1) is 0 Å². The van der Waals surface area contributed by atoms with Gasteiger partial charge in [-0.2, -0.15) is 0 Å². The van der Waals surface area contributed by atoms with Gasteiger partial charge in [-0.05, 0) is 167 Å². The number of nitrogens with zero attached hydrogens (tertiary/aromatic N) is 2. The number of hydrogen-bond donors (Lipinski definition) is 5. The highest BCUT2D eigenvalue weighted by molar-refractivity contribution is 7.95. The monoisotopic (exact) mass is 1080 g/mol. The summed E-state index contributed by atoms with van der Waals surface area (Å²) >= 11 is 0. The van der Waals surface area contributed by atoms with E-state index in [1.54, 1.807) is 32.6 Å². The number of amides is 1. The van der Waals surface area contributed by atoms with Crippen molar-refractivity contribution in [1.29, 1.82) is 0 Å². The molecule has 3 aromatic rings. The Morgan fingerprint density at radius 3 is 1.71 bits per heavy atom. The lowest BCUT2D eigenvalue weighted by Crippen LogP contribution is -2.60. The van der Waals surface area contributed by atoms with Crippen molar-refractivity contribution in [3.8, 4) is 0 Å². The van der Waals surface area contributed by atoms with E-state index >= 15 is 0 Å². The molecule has 0 aliphatic carbocycles. The van der Waals surface area contributed by atoms with Crippen LogP contribution in [0.5, 0.6) is 0 Å². The highest BCUT2D eigenvalue weighted by Gasteiger charge is 2.51. The molecule has 2 saturated heterocycles. The first kappa shape index (κ1) is 63.5. The maximum Gasteiger partial charge on any atom is 0.311 e. The zero-order valence-electron chi connectivity index (χ0n) is 48.8. The Morgan fingerprint density at radius 2 is 1.24 bits per heavy atom. The van der Waals surface area contributed by atoms with Crippen molar-refractivity contribution in [2.45, 2.75) is 232 Å². The molecule has 426 valence electrons. The SMILES string of the molecule is CC[C@H]1OC(=O)[C@H](C)[C@@H](O)[C@H](C)[C@@H](O[C@@H]2O[C@H](C)C[C@H](N(C)C)[C@H]2O)[C@](C)(O)C[C@@H](C)CN(C(=O)CCCCCCCCCCCC[P+](c2cccc(C)c2)(c2cccc(C)c2)c2cccc(C)c2)[C@H](C)[C@@H](O)[C@]1(C)O. The lowest BCUT2D eigenvalue weighted by molar-refractivity contribution is -0.299. The summed E-state index contributed by atoms with van der Waals surface area (Å²) in [4.78, 5) is 31.7. The average Bonchev–Trinajstić information content (AvgIpc) is 3.37. The van der Waals surface area contributed by atoms with Crippen molar-refractivity contribution in [3.63, 3.8) is 0 Å². The van der Waals surface area contributed by atoms with Crippen molar-refractivity contribution >= 4 is 35.1 Å². The molecule has 1 amide bonds. The smallest absolute Gasteiger partial charge is 0.311 e. The first-order chi connectivity index (χ1) is 35.8. The van der Waals surface area contributed by atoms with E-state index in [9.17, 15) is 35.1 Å². The maximum atomic E-state index is 14.4. The molecule has 2 aliphatic rings. The van der Waals surface area contributed by atoms with Gasteiger partial charge in [0, 0.05) is 24.9 Å². The van der Waals surface area contributed by atoms with Crippen molar-refractivity contribution in [3.05, 3.63) is 89.5 Å². The van der Waals surface area contributed by atoms with Gasteiger partial charge in [0.1, 0.15) is 47.1 Å². The third-order valence-electron chi connectivity index (χ3n) is 17.0. The number of aliphatic hydroxyl groups excluding tert-OH is 3. The second kappa shape index (κ2) is 28.7. The molecule has 2 aliphatic heterocycles. The van der Waals surface area contributed by atoms with E-state index in [1.165, 1.54) is 78.6 Å². The van der Waals surface area contributed by atoms with Crippen LogP contribution < -0.4 is 15.9 Å². The van der Waals surface area contributed by atoms with Gasteiger partial charge in [0.15, 0.2) is 6.29 Å². The van der Waals surface area contributed by atoms with Crippen LogP contribution in [0.15, 0.2) is 72.8 Å². The fourth-order valence-electron chi connectivity index (χ4n) is 12.5. The Morgan fingerprint density at radius 1 is 0.750 bits per heavy atom. The second-order valence-electron chi connectivity index (χ2n) is 24.1. The maximum absolute atomic E-state index is 14.4. The van der Waals surface area contributed by atoms with Crippen LogP contribution in [0, 0.1) is 38.5 Å². The lowest BCUT2D eigenvalue weighted by Gasteiger charge is -2.46. The van der Waals surface area contributed by atoms with Crippen LogP contribution in [-0.4, -0.2) is 140 Å². The Balaban J connectivity index is 1.20. The summed E-state index contributed by atoms with van der Waals surface area (Å²) in [6.07, 6.45) is 5.29. The lowest BCUT2D eigenvalue weighted by atomic mass is 9.78. The normalized spacial score (nSPS) is 31.4. The number of hydrogen-bond acceptors (Lipinski definition) is 11. The van der Waals surface area contributed by atoms with E-state index in [0.29, 0.717) is 12.8 Å². The van der Waals surface area contributed by atoms with Crippen molar-refractivity contribution < 1.29 is 49.3 Å². The molecule has 12 nitrogen and oxygen atoms in total. The van der Waals surface area contributed by atoms with Crippen LogP contribution in [0.1, 0.15) is 162 Å². The summed E-state index contributed by atoms with van der Waals surface area (Å²) < 4.78 is 18.6. The van der Waals surface area contributed by atoms with E-state index in [1.807, 2.05) is 32.8 Å². The quantitative estimate of drug-likeness (QED) is 0.0416. The molecular weight excluding hydrogens is 976 g/mol. The number of ether oxygens (including phenoxy) is 3. The number of carbonyl (C=O) groups is 2. The molecule has 0 saturated carbocycles. The Bertz CT molecular complexity index is 2160. The molecule has 13 heteroatoms. The van der Waals surface area contributed by atoms with Gasteiger partial charge in [0.2, 0.25) is 5.91 Å². The fourth-order valence-corrected chi connectivity index (χ4v) is 17.1. The first-order valence-electron chi connectivity index (χ1n) is 28.9. The number of unbranched alkanes of at least 4 members (excludes halogenated alkanes) is 9. The van der Waals surface area contributed by atoms with Gasteiger partial charge in [-0.3, -0.25) is 9.59 Å². The molecule has 3 aromatic carbocycles. The third kappa shape index (κ3) is 16.2. The van der Waals surface area contributed by atoms with Gasteiger partial charge >= 0.3 is 5.97 Å². The van der Waals surface area contributed by atoms with Gasteiger partial charge in [-0.1, -0.05) is 102 Å². The number of likely N-dealkylation sites (N-methyl/N-ethyl adjacent to an activating group) is 1. The zero-order chi connectivity index (χ0) is 56.1. The highest BCUT2D eigenvalue weighted by atomic mass is 31.2. The summed E-state index contributed by atoms with van der Waals surface area (Å²) in [5.41, 5.74) is 0.279. The molecule has 76 heavy (non-hydrogen) atoms. The topological polar surface area (TPSA) is 169 Å². The van der Waals surface area contributed by atoms with Crippen LogP contribution >= 0.6 is 7.26 Å². The number of cyclic esters (lactones) is 1. The van der Waals surface area contributed by atoms with Gasteiger partial charge < -0.3 is 49.5 Å². The van der Waals surface area contributed by atoms with E-state index in [0.717, 1.165) is 31.8 Å². The number of esters is 1. The third-order valence-corrected chi connectivity index (χ3v) is 21.4. The molecule has 0 bridgehead atoms. The van der Waals surface area contributed by atoms with Gasteiger partial charge in [0.25, 0.3) is 0 Å². The molecule has 14 atom stereocenters. The molecule has 5 N–H and O–H groups in total. The minimum Gasteiger partial charge on any atom is -0.459 e. The van der Waals surface area contributed by atoms with Crippen molar-refractivity contribution in [1.82, 2.24) is 9.80 Å². The van der Waals surface area contributed by atoms with Crippen LogP contribution in [0.25, 0.3) is 0 Å². The summed E-state index contributed by atoms with van der Waals surface area (Å²) in [5, 5.41) is 64.0. The summed E-state index contributed by atoms with van der Waals surface area (Å²) in [7, 11) is 1.85. The number of aryl methyl sites for hydroxylation is 3. The number of benzene rings is 3. The van der Waals surface area contributed by atoms with Crippen LogP contribution in [0.4, 0.5) is 0 Å². The molecule has 0 spiro atoms. The standard InChI is InChI=1S/C63H100N2O10P/c1-14-54-63(11,72)58(69)49(9)65(41-45(5)40-62(10,71)59(47(7)56(67)48(8)60(70)74-54)75-61-57(68)53(64(12)13)39-46(6)73-61)55(66)34-23-21-19-17-15-16-18-20-22-24-35-76(50-31-25-28-42(2)36-50,51-32-26-29-43(3)37-51)52-33-27-30-44(4)38-52/h25-33,36-38,45-49,53-54,56-59,61,67-69,71-72H,14-24,34-35,39-41H2,1-13H3/q+1/t45-,46-,47+,48-,49-,53+,54-,56+,57-,58-,59-,61+,62-,63-/m1/s1. The average molecular weight is 1080 g/mol. The summed E-state index contributed by atoms with van der Waals surface area (Å²) in [6, 6.07) is 26.5. The second-order valence-corrected chi connectivity index (χ2v) is 27.7. The summed E-state index contributed by atoms with van der Waals surface area (Å²) in [6.45, 7) is 20.3. The van der Waals surface area contributed by atoms with E-state index in [4.69, 9.17) is 14.2 Å². The summed E-state index contributed by atoms with van der Waals surface area (Å²) in [5.74, 6) is -3.32. The molecule has 0 unspecified atom stereocenters. The fraction of sp³-hybridized carbons (Fsp3) is 0.683. The minimum absolute atomic E-state index is 0.0972. The van der Waals surface area contributed by atoms with Crippen molar-refractivity contribution in [2.24, 2.45) is 17.8 Å². The predicted molar refractivity (Wildman–Crippen MR) is 309 cm³/mol. The Labute approximate surface area is 458 Å². The molecule has 0 aromatic heterocycles. The largest absolute Gasteiger partial charge is 0.459 e. The molecule has 2 fully saturated rings. The van der Waals surface area contributed by atoms with E-state index in [2.05, 4.69) is 93.6 Å². The number of rotatable bonds is 20. The highest BCUT2D eigenvalue weighted by Crippen LogP contribution is 2.56. The predicted octanol–water partition coefficient (Wildman–Crippen LogP) is 9.08. The Kier molecular flexibility index (Phi) is 24.0. The molecule has 0 radical (unpaired) electrons. The van der Waals surface area contributed by atoms with Crippen molar-refractivity contribution in [2.75, 3.05) is 26.8 Å². The molecule has 5 rings (SSSR count). The first-order valence-corrected chi connectivity index (χ1v) is 30.9. The zero-order valence-corrected chi connectivity index (χ0v) is 49.7. The van der Waals surface area contributed by atoms with Crippen LogP contribution in [-0.2, 0) is 23.8 Å². The Hall–Kier alpha value is -3.29. The van der Waals surface area contributed by atoms with Gasteiger partial charge in [0.05, 0.1) is 42.0 Å². The van der Waals surface area contributed by atoms with Gasteiger partial charge in [-0.25, -0.2) is 0 Å². The van der Waals surface area contributed by atoms with E-state index < -0.39 is 79.1 Å². The number of aliphatic hydroxyl groups is 5. The number of carbonyl (C=O) groups excluding carboxylic acids is 2. The van der Waals surface area contributed by atoms with Crippen LogP contribution in [0.2, 0.25) is 0 Å². The molecule has 2 heterocycles. The minimum atomic E-state index is -1.95.